The summed E-state index contributed by atoms with van der Waals surface area (Å²) in [5.74, 6) is 1.84. The van der Waals surface area contributed by atoms with Crippen molar-refractivity contribution < 1.29 is 0 Å². The summed E-state index contributed by atoms with van der Waals surface area (Å²) in [6.07, 6.45) is 6.00. The van der Waals surface area contributed by atoms with Crippen LogP contribution in [0, 0.1) is 17.3 Å². The van der Waals surface area contributed by atoms with Crippen LogP contribution in [-0.2, 0) is 0 Å². The van der Waals surface area contributed by atoms with Gasteiger partial charge in [0, 0.05) is 6.04 Å². The standard InChI is InChI=1S/C15H32N2/c1-11(2)9-15(5)10-14(15)8-7-12(3)17-13(4)16-6/h11-14,16-17H,7-10H2,1-6H3. The molecule has 0 heterocycles. The molecule has 0 aromatic rings. The molecule has 2 N–H and O–H groups in total. The topological polar surface area (TPSA) is 24.1 Å². The van der Waals surface area contributed by atoms with E-state index in [0.717, 1.165) is 11.8 Å². The number of nitrogens with one attached hydrogen (secondary N) is 2. The highest BCUT2D eigenvalue weighted by atomic mass is 15.1. The van der Waals surface area contributed by atoms with E-state index in [4.69, 9.17) is 0 Å². The minimum absolute atomic E-state index is 0.422. The fourth-order valence-electron chi connectivity index (χ4n) is 3.18. The summed E-state index contributed by atoms with van der Waals surface area (Å²) in [6.45, 7) is 11.7. The summed E-state index contributed by atoms with van der Waals surface area (Å²) in [7, 11) is 2.00. The zero-order chi connectivity index (χ0) is 13.1. The molecule has 4 unspecified atom stereocenters. The first-order chi connectivity index (χ1) is 7.87. The van der Waals surface area contributed by atoms with E-state index in [2.05, 4.69) is 45.3 Å². The monoisotopic (exact) mass is 240 g/mol. The molecule has 4 atom stereocenters. The fraction of sp³-hybridized carbons (Fsp3) is 1.00. The van der Waals surface area contributed by atoms with Gasteiger partial charge in [0.05, 0.1) is 6.17 Å². The lowest BCUT2D eigenvalue weighted by Gasteiger charge is -2.20. The number of rotatable bonds is 8. The van der Waals surface area contributed by atoms with Gasteiger partial charge in [-0.05, 0) is 63.8 Å². The van der Waals surface area contributed by atoms with E-state index in [0.29, 0.717) is 17.6 Å². The highest BCUT2D eigenvalue weighted by Gasteiger charge is 2.48. The lowest BCUT2D eigenvalue weighted by molar-refractivity contribution is 0.354. The Morgan fingerprint density at radius 2 is 1.88 bits per heavy atom. The molecule has 1 aliphatic rings. The Bertz CT molecular complexity index is 227. The molecular weight excluding hydrogens is 208 g/mol. The molecule has 0 amide bonds. The van der Waals surface area contributed by atoms with Crippen molar-refractivity contribution in [2.75, 3.05) is 7.05 Å². The van der Waals surface area contributed by atoms with Crippen LogP contribution in [0.1, 0.15) is 60.3 Å². The molecule has 0 saturated heterocycles. The van der Waals surface area contributed by atoms with Crippen molar-refractivity contribution in [1.29, 1.82) is 0 Å². The largest absolute Gasteiger partial charge is 0.305 e. The summed E-state index contributed by atoms with van der Waals surface area (Å²) >= 11 is 0. The molecule has 0 radical (unpaired) electrons. The first kappa shape index (κ1) is 15.0. The van der Waals surface area contributed by atoms with Gasteiger partial charge in [-0.25, -0.2) is 0 Å². The van der Waals surface area contributed by atoms with E-state index in [9.17, 15) is 0 Å². The molecule has 0 bridgehead atoms. The highest BCUT2D eigenvalue weighted by molar-refractivity contribution is 4.99. The van der Waals surface area contributed by atoms with Crippen molar-refractivity contribution in [3.05, 3.63) is 0 Å². The van der Waals surface area contributed by atoms with Gasteiger partial charge in [0.1, 0.15) is 0 Å². The lowest BCUT2D eigenvalue weighted by atomic mass is 9.92. The van der Waals surface area contributed by atoms with Crippen molar-refractivity contribution in [1.82, 2.24) is 10.6 Å². The summed E-state index contributed by atoms with van der Waals surface area (Å²) in [6, 6.07) is 0.626. The zero-order valence-corrected chi connectivity index (χ0v) is 12.6. The summed E-state index contributed by atoms with van der Waals surface area (Å²) < 4.78 is 0. The maximum atomic E-state index is 3.57. The minimum atomic E-state index is 0.422. The van der Waals surface area contributed by atoms with E-state index in [-0.39, 0.29) is 0 Å². The lowest BCUT2D eigenvalue weighted by Crippen LogP contribution is -2.42. The average molecular weight is 240 g/mol. The zero-order valence-electron chi connectivity index (χ0n) is 12.6. The maximum Gasteiger partial charge on any atom is 0.0542 e. The minimum Gasteiger partial charge on any atom is -0.305 e. The third-order valence-corrected chi connectivity index (χ3v) is 4.33. The van der Waals surface area contributed by atoms with E-state index in [1.165, 1.54) is 25.7 Å². The Morgan fingerprint density at radius 3 is 2.41 bits per heavy atom. The van der Waals surface area contributed by atoms with Crippen LogP contribution in [0.15, 0.2) is 0 Å². The molecule has 1 saturated carbocycles. The number of hydrogen-bond donors (Lipinski definition) is 2. The van der Waals surface area contributed by atoms with Gasteiger partial charge in [-0.2, -0.15) is 0 Å². The van der Waals surface area contributed by atoms with Crippen LogP contribution < -0.4 is 10.6 Å². The summed E-state index contributed by atoms with van der Waals surface area (Å²) in [5.41, 5.74) is 0.669. The van der Waals surface area contributed by atoms with Crippen LogP contribution in [0.4, 0.5) is 0 Å². The van der Waals surface area contributed by atoms with Gasteiger partial charge in [0.15, 0.2) is 0 Å². The van der Waals surface area contributed by atoms with Crippen LogP contribution >= 0.6 is 0 Å². The predicted octanol–water partition coefficient (Wildman–Crippen LogP) is 3.38. The van der Waals surface area contributed by atoms with Crippen molar-refractivity contribution >= 4 is 0 Å². The molecule has 1 aliphatic carbocycles. The smallest absolute Gasteiger partial charge is 0.0542 e. The summed E-state index contributed by atoms with van der Waals surface area (Å²) in [5, 5.41) is 6.80. The second kappa shape index (κ2) is 6.19. The van der Waals surface area contributed by atoms with E-state index in [1.54, 1.807) is 0 Å². The fourth-order valence-corrected chi connectivity index (χ4v) is 3.18. The molecular formula is C15H32N2. The van der Waals surface area contributed by atoms with Crippen LogP contribution in [-0.4, -0.2) is 19.3 Å². The first-order valence-corrected chi connectivity index (χ1v) is 7.30. The van der Waals surface area contributed by atoms with Gasteiger partial charge in [0.2, 0.25) is 0 Å². The number of hydrogen-bond acceptors (Lipinski definition) is 2. The Balaban J connectivity index is 2.16. The van der Waals surface area contributed by atoms with E-state index in [1.807, 2.05) is 7.05 Å². The summed E-state index contributed by atoms with van der Waals surface area (Å²) in [4.78, 5) is 0. The van der Waals surface area contributed by atoms with Gasteiger partial charge in [0.25, 0.3) is 0 Å². The molecule has 17 heavy (non-hydrogen) atoms. The van der Waals surface area contributed by atoms with Gasteiger partial charge in [-0.3, -0.25) is 5.32 Å². The Kier molecular flexibility index (Phi) is 5.46. The molecule has 1 rings (SSSR count). The third kappa shape index (κ3) is 4.97. The normalized spacial score (nSPS) is 31.6. The molecule has 0 spiro atoms. The SMILES string of the molecule is CNC(C)NC(C)CCC1CC1(C)CC(C)C. The van der Waals surface area contributed by atoms with Crippen molar-refractivity contribution in [2.24, 2.45) is 17.3 Å². The van der Waals surface area contributed by atoms with Gasteiger partial charge < -0.3 is 5.32 Å². The van der Waals surface area contributed by atoms with Crippen LogP contribution in [0.5, 0.6) is 0 Å². The van der Waals surface area contributed by atoms with Crippen molar-refractivity contribution in [2.45, 2.75) is 72.5 Å². The quantitative estimate of drug-likeness (QED) is 0.636. The molecule has 0 aromatic heterocycles. The Morgan fingerprint density at radius 1 is 1.24 bits per heavy atom. The third-order valence-electron chi connectivity index (χ3n) is 4.33. The average Bonchev–Trinajstić information content (AvgIpc) is 2.84. The Hall–Kier alpha value is -0.0800. The maximum absolute atomic E-state index is 3.57. The van der Waals surface area contributed by atoms with Crippen LogP contribution in [0.25, 0.3) is 0 Å². The predicted molar refractivity (Wildman–Crippen MR) is 76.0 cm³/mol. The highest BCUT2D eigenvalue weighted by Crippen LogP contribution is 2.58. The van der Waals surface area contributed by atoms with E-state index >= 15 is 0 Å². The van der Waals surface area contributed by atoms with Gasteiger partial charge in [-0.15, -0.1) is 0 Å². The molecule has 2 heteroatoms. The van der Waals surface area contributed by atoms with Crippen molar-refractivity contribution in [3.63, 3.8) is 0 Å². The molecule has 0 aliphatic heterocycles. The van der Waals surface area contributed by atoms with Gasteiger partial charge in [-0.1, -0.05) is 20.8 Å². The van der Waals surface area contributed by atoms with Crippen LogP contribution in [0.3, 0.4) is 0 Å². The molecule has 102 valence electrons. The van der Waals surface area contributed by atoms with E-state index < -0.39 is 0 Å². The molecule has 2 nitrogen and oxygen atoms in total. The molecule has 0 aromatic carbocycles. The van der Waals surface area contributed by atoms with Gasteiger partial charge >= 0.3 is 0 Å². The first-order valence-electron chi connectivity index (χ1n) is 7.30. The molecule has 1 fully saturated rings. The second-order valence-electron chi connectivity index (χ2n) is 6.81. The second-order valence-corrected chi connectivity index (χ2v) is 6.81. The van der Waals surface area contributed by atoms with Crippen molar-refractivity contribution in [3.8, 4) is 0 Å². The Labute approximate surface area is 108 Å². The van der Waals surface area contributed by atoms with Crippen LogP contribution in [0.2, 0.25) is 0 Å².